The van der Waals surface area contributed by atoms with Crippen LogP contribution in [0.25, 0.3) is 0 Å². The van der Waals surface area contributed by atoms with Gasteiger partial charge in [-0.2, -0.15) is 5.10 Å². The molecule has 1 aliphatic rings. The minimum absolute atomic E-state index is 0.421. The number of rotatable bonds is 1. The van der Waals surface area contributed by atoms with Gasteiger partial charge in [0.2, 0.25) is 0 Å². The zero-order chi connectivity index (χ0) is 10.3. The van der Waals surface area contributed by atoms with Gasteiger partial charge in [-0.3, -0.25) is 5.10 Å². The van der Waals surface area contributed by atoms with Gasteiger partial charge in [-0.25, -0.2) is 4.98 Å². The summed E-state index contributed by atoms with van der Waals surface area (Å²) in [5, 5.41) is 9.40. The van der Waals surface area contributed by atoms with Crippen molar-refractivity contribution in [3.63, 3.8) is 0 Å². The van der Waals surface area contributed by atoms with Gasteiger partial charge in [0.25, 0.3) is 0 Å². The average molecular weight is 219 g/mol. The van der Waals surface area contributed by atoms with Gasteiger partial charge in [-0.1, -0.05) is 0 Å². The maximum atomic E-state index is 4.45. The first-order chi connectivity index (χ1) is 7.34. The second-order valence-corrected chi connectivity index (χ2v) is 5.02. The Morgan fingerprint density at radius 1 is 1.53 bits per heavy atom. The molecule has 0 aliphatic heterocycles. The van der Waals surface area contributed by atoms with Crippen molar-refractivity contribution in [2.75, 3.05) is 0 Å². The fourth-order valence-electron chi connectivity index (χ4n) is 2.27. The highest BCUT2D eigenvalue weighted by Gasteiger charge is 2.25. The summed E-state index contributed by atoms with van der Waals surface area (Å²) in [4.78, 5) is 5.97. The molecule has 0 radical (unpaired) electrons. The fraction of sp³-hybridized carbons (Fsp3) is 0.455. The third-order valence-corrected chi connectivity index (χ3v) is 3.97. The smallest absolute Gasteiger partial charge is 0.158 e. The number of aromatic nitrogens is 3. The predicted molar refractivity (Wildman–Crippen MR) is 60.2 cm³/mol. The zero-order valence-corrected chi connectivity index (χ0v) is 9.47. The van der Waals surface area contributed by atoms with Crippen LogP contribution in [-0.2, 0) is 6.42 Å². The minimum atomic E-state index is 0.421. The summed E-state index contributed by atoms with van der Waals surface area (Å²) in [6.45, 7) is 1.95. The number of aryl methyl sites for hydroxylation is 2. The van der Waals surface area contributed by atoms with E-state index in [4.69, 9.17) is 0 Å². The number of nitrogens with zero attached hydrogens (tertiary/aromatic N) is 2. The van der Waals surface area contributed by atoms with Crippen molar-refractivity contribution < 1.29 is 0 Å². The number of nitrogens with one attached hydrogen (secondary N) is 1. The summed E-state index contributed by atoms with van der Waals surface area (Å²) >= 11 is 1.86. The summed E-state index contributed by atoms with van der Waals surface area (Å²) in [5.74, 6) is 2.30. The molecule has 2 aromatic heterocycles. The number of thiophene rings is 1. The molecule has 15 heavy (non-hydrogen) atoms. The molecule has 0 amide bonds. The Morgan fingerprint density at radius 3 is 3.27 bits per heavy atom. The van der Waals surface area contributed by atoms with Crippen LogP contribution in [0.3, 0.4) is 0 Å². The number of fused-ring (bicyclic) bond motifs is 1. The molecule has 3 nitrogen and oxygen atoms in total. The second kappa shape index (κ2) is 3.45. The molecule has 1 N–H and O–H groups in total. The van der Waals surface area contributed by atoms with Crippen molar-refractivity contribution in [3.8, 4) is 0 Å². The van der Waals surface area contributed by atoms with Crippen molar-refractivity contribution in [3.05, 3.63) is 33.5 Å². The number of hydrogen-bond acceptors (Lipinski definition) is 3. The van der Waals surface area contributed by atoms with E-state index >= 15 is 0 Å². The molecule has 1 unspecified atom stereocenters. The summed E-state index contributed by atoms with van der Waals surface area (Å²) in [6.07, 6.45) is 3.67. The molecular formula is C11H13N3S. The van der Waals surface area contributed by atoms with E-state index in [1.807, 2.05) is 18.3 Å². The molecule has 2 heterocycles. The third-order valence-electron chi connectivity index (χ3n) is 2.98. The third kappa shape index (κ3) is 1.49. The lowest BCUT2D eigenvalue weighted by Gasteiger charge is -2.19. The number of hydrogen-bond donors (Lipinski definition) is 1. The van der Waals surface area contributed by atoms with Gasteiger partial charge in [0.05, 0.1) is 0 Å². The number of H-pyrrole nitrogens is 1. The van der Waals surface area contributed by atoms with Crippen molar-refractivity contribution in [1.29, 1.82) is 0 Å². The monoisotopic (exact) mass is 219 g/mol. The van der Waals surface area contributed by atoms with Gasteiger partial charge in [0, 0.05) is 10.8 Å². The van der Waals surface area contributed by atoms with Gasteiger partial charge in [-0.05, 0) is 43.2 Å². The first-order valence-electron chi connectivity index (χ1n) is 5.30. The van der Waals surface area contributed by atoms with Crippen molar-refractivity contribution in [1.82, 2.24) is 15.2 Å². The minimum Gasteiger partial charge on any atom is -0.263 e. The lowest BCUT2D eigenvalue weighted by Crippen LogP contribution is -2.10. The first kappa shape index (κ1) is 9.09. The number of aromatic amines is 1. The van der Waals surface area contributed by atoms with Crippen molar-refractivity contribution in [2.45, 2.75) is 32.1 Å². The molecule has 0 bridgehead atoms. The zero-order valence-electron chi connectivity index (χ0n) is 8.66. The van der Waals surface area contributed by atoms with Gasteiger partial charge in [-0.15, -0.1) is 11.3 Å². The topological polar surface area (TPSA) is 41.6 Å². The van der Waals surface area contributed by atoms with Crippen LogP contribution in [0.4, 0.5) is 0 Å². The summed E-state index contributed by atoms with van der Waals surface area (Å²) < 4.78 is 0. The Balaban J connectivity index is 2.02. The molecule has 0 spiro atoms. The molecule has 1 atom stereocenters. The largest absolute Gasteiger partial charge is 0.263 e. The van der Waals surface area contributed by atoms with E-state index in [1.54, 1.807) is 0 Å². The molecule has 3 rings (SSSR count). The Hall–Kier alpha value is -1.16. The standard InChI is InChI=1S/C11H13N3S/c1-7-12-11(14-13-7)9-3-2-4-10-8(9)5-6-15-10/h5-6,9H,2-4H2,1H3,(H,12,13,14). The van der Waals surface area contributed by atoms with Crippen molar-refractivity contribution >= 4 is 11.3 Å². The van der Waals surface area contributed by atoms with Gasteiger partial charge in [0.1, 0.15) is 5.82 Å². The van der Waals surface area contributed by atoms with Crippen LogP contribution in [0.1, 0.15) is 40.8 Å². The van der Waals surface area contributed by atoms with E-state index in [9.17, 15) is 0 Å². The fourth-order valence-corrected chi connectivity index (χ4v) is 3.26. The molecule has 1 aliphatic carbocycles. The maximum Gasteiger partial charge on any atom is 0.158 e. The highest BCUT2D eigenvalue weighted by molar-refractivity contribution is 7.10. The lowest BCUT2D eigenvalue weighted by atomic mass is 9.87. The van der Waals surface area contributed by atoms with E-state index in [2.05, 4.69) is 26.6 Å². The Morgan fingerprint density at radius 2 is 2.47 bits per heavy atom. The van der Waals surface area contributed by atoms with Crippen LogP contribution in [0, 0.1) is 6.92 Å². The predicted octanol–water partition coefficient (Wildman–Crippen LogP) is 2.64. The molecule has 0 saturated carbocycles. The molecule has 4 heteroatoms. The van der Waals surface area contributed by atoms with Crippen LogP contribution in [0.5, 0.6) is 0 Å². The van der Waals surface area contributed by atoms with Gasteiger partial charge >= 0.3 is 0 Å². The van der Waals surface area contributed by atoms with E-state index < -0.39 is 0 Å². The summed E-state index contributed by atoms with van der Waals surface area (Å²) in [7, 11) is 0. The van der Waals surface area contributed by atoms with Crippen LogP contribution >= 0.6 is 11.3 Å². The van der Waals surface area contributed by atoms with Crippen molar-refractivity contribution in [2.24, 2.45) is 0 Å². The average Bonchev–Trinajstić information content (AvgIpc) is 2.84. The molecule has 2 aromatic rings. The van der Waals surface area contributed by atoms with Crippen LogP contribution < -0.4 is 0 Å². The molecule has 0 aromatic carbocycles. The van der Waals surface area contributed by atoms with E-state index in [0.717, 1.165) is 11.6 Å². The first-order valence-corrected chi connectivity index (χ1v) is 6.18. The molecule has 78 valence electrons. The summed E-state index contributed by atoms with van der Waals surface area (Å²) in [6, 6.07) is 2.23. The summed E-state index contributed by atoms with van der Waals surface area (Å²) in [5.41, 5.74) is 1.45. The normalized spacial score (nSPS) is 20.2. The van der Waals surface area contributed by atoms with Crippen LogP contribution in [0.15, 0.2) is 11.4 Å². The van der Waals surface area contributed by atoms with E-state index in [0.29, 0.717) is 5.92 Å². The molecular weight excluding hydrogens is 206 g/mol. The Labute approximate surface area is 92.6 Å². The van der Waals surface area contributed by atoms with E-state index in [-0.39, 0.29) is 0 Å². The highest BCUT2D eigenvalue weighted by atomic mass is 32.1. The Kier molecular flexibility index (Phi) is 2.09. The SMILES string of the molecule is Cc1nc(C2CCCc3sccc32)n[nH]1. The maximum absolute atomic E-state index is 4.45. The molecule has 0 fully saturated rings. The van der Waals surface area contributed by atoms with Gasteiger partial charge < -0.3 is 0 Å². The van der Waals surface area contributed by atoms with Crippen LogP contribution in [0.2, 0.25) is 0 Å². The Bertz CT molecular complexity index is 472. The second-order valence-electron chi connectivity index (χ2n) is 4.02. The van der Waals surface area contributed by atoms with Gasteiger partial charge in [0.15, 0.2) is 5.82 Å². The van der Waals surface area contributed by atoms with E-state index in [1.165, 1.54) is 29.7 Å². The lowest BCUT2D eigenvalue weighted by molar-refractivity contribution is 0.600. The molecule has 0 saturated heterocycles. The van der Waals surface area contributed by atoms with Crippen LogP contribution in [-0.4, -0.2) is 15.2 Å². The quantitative estimate of drug-likeness (QED) is 0.801. The highest BCUT2D eigenvalue weighted by Crippen LogP contribution is 2.37.